The molecule has 0 N–H and O–H groups in total. The lowest BCUT2D eigenvalue weighted by Gasteiger charge is -2.13. The first kappa shape index (κ1) is 18.6. The summed E-state index contributed by atoms with van der Waals surface area (Å²) in [7, 11) is 1.57. The second-order valence-electron chi connectivity index (χ2n) is 7.92. The minimum Gasteiger partial charge on any atom is -0.493 e. The van der Waals surface area contributed by atoms with E-state index in [9.17, 15) is 9.59 Å². The van der Waals surface area contributed by atoms with Crippen molar-refractivity contribution in [2.45, 2.75) is 13.0 Å². The van der Waals surface area contributed by atoms with Crippen molar-refractivity contribution in [1.82, 2.24) is 5.01 Å². The average Bonchev–Trinajstić information content (AvgIpc) is 3.46. The predicted octanol–water partition coefficient (Wildman–Crippen LogP) is 3.42. The second kappa shape index (κ2) is 7.44. The molecule has 1 saturated carbocycles. The van der Waals surface area contributed by atoms with Crippen LogP contribution in [-0.2, 0) is 16.2 Å². The normalized spacial score (nSPS) is 26.6. The number of methoxy groups -OCH3 is 1. The van der Waals surface area contributed by atoms with Crippen LogP contribution in [0.3, 0.4) is 0 Å². The molecule has 30 heavy (non-hydrogen) atoms. The van der Waals surface area contributed by atoms with Gasteiger partial charge in [0, 0.05) is 0 Å². The lowest BCUT2D eigenvalue weighted by Crippen LogP contribution is -2.28. The zero-order valence-corrected chi connectivity index (χ0v) is 16.6. The number of benzene rings is 2. The van der Waals surface area contributed by atoms with Crippen molar-refractivity contribution in [3.05, 3.63) is 71.8 Å². The lowest BCUT2D eigenvalue weighted by atomic mass is 9.85. The fourth-order valence-electron chi connectivity index (χ4n) is 4.74. The highest BCUT2D eigenvalue weighted by Crippen LogP contribution is 2.52. The van der Waals surface area contributed by atoms with Gasteiger partial charge in [0.25, 0.3) is 11.8 Å². The SMILES string of the molecule is COc1cc(/C=N\N2C(=O)[C@H]3[C@H](C2=O)[C@H]2C=C[C@H]3C2)ccc1OCc1ccccc1. The Morgan fingerprint density at radius 2 is 1.70 bits per heavy atom. The highest BCUT2D eigenvalue weighted by atomic mass is 16.5. The van der Waals surface area contributed by atoms with E-state index in [1.54, 1.807) is 19.2 Å². The molecular weight excluding hydrogens is 380 g/mol. The highest BCUT2D eigenvalue weighted by molar-refractivity contribution is 6.06. The third-order valence-corrected chi connectivity index (χ3v) is 6.19. The van der Waals surface area contributed by atoms with Gasteiger partial charge in [-0.1, -0.05) is 42.5 Å². The van der Waals surface area contributed by atoms with Crippen molar-refractivity contribution in [3.8, 4) is 11.5 Å². The number of amides is 2. The number of carbonyl (C=O) groups is 2. The van der Waals surface area contributed by atoms with Gasteiger partial charge in [-0.3, -0.25) is 9.59 Å². The molecular formula is C24H22N2O4. The minimum absolute atomic E-state index is 0.179. The number of allylic oxidation sites excluding steroid dienone is 2. The number of nitrogens with zero attached hydrogens (tertiary/aromatic N) is 2. The molecule has 0 unspecified atom stereocenters. The molecule has 2 fully saturated rings. The van der Waals surface area contributed by atoms with Crippen molar-refractivity contribution in [3.63, 3.8) is 0 Å². The van der Waals surface area contributed by atoms with Crippen LogP contribution < -0.4 is 9.47 Å². The van der Waals surface area contributed by atoms with Gasteiger partial charge in [0.15, 0.2) is 11.5 Å². The van der Waals surface area contributed by atoms with E-state index in [4.69, 9.17) is 9.47 Å². The number of rotatable bonds is 6. The molecule has 1 aliphatic heterocycles. The Balaban J connectivity index is 1.30. The van der Waals surface area contributed by atoms with Crippen molar-refractivity contribution in [1.29, 1.82) is 0 Å². The van der Waals surface area contributed by atoms with Gasteiger partial charge >= 0.3 is 0 Å². The van der Waals surface area contributed by atoms with Crippen LogP contribution in [0.25, 0.3) is 0 Å². The molecule has 152 valence electrons. The Morgan fingerprint density at radius 3 is 2.37 bits per heavy atom. The molecule has 2 aromatic carbocycles. The zero-order chi connectivity index (χ0) is 20.7. The van der Waals surface area contributed by atoms with Crippen molar-refractivity contribution in [2.24, 2.45) is 28.8 Å². The molecule has 2 aliphatic carbocycles. The summed E-state index contributed by atoms with van der Waals surface area (Å²) in [4.78, 5) is 25.4. The molecule has 2 amide bonds. The number of hydrogen-bond donors (Lipinski definition) is 0. The molecule has 3 aliphatic rings. The number of hydrogen-bond acceptors (Lipinski definition) is 5. The van der Waals surface area contributed by atoms with Gasteiger partial charge in [0.05, 0.1) is 25.2 Å². The largest absolute Gasteiger partial charge is 0.493 e. The predicted molar refractivity (Wildman–Crippen MR) is 111 cm³/mol. The molecule has 6 nitrogen and oxygen atoms in total. The second-order valence-corrected chi connectivity index (χ2v) is 7.92. The number of imide groups is 1. The molecule has 0 aromatic heterocycles. The van der Waals surface area contributed by atoms with Crippen LogP contribution in [0.15, 0.2) is 65.8 Å². The molecule has 0 radical (unpaired) electrons. The summed E-state index contributed by atoms with van der Waals surface area (Å²) in [6.45, 7) is 0.431. The summed E-state index contributed by atoms with van der Waals surface area (Å²) in [5.41, 5.74) is 1.78. The first-order valence-electron chi connectivity index (χ1n) is 10.1. The fourth-order valence-corrected chi connectivity index (χ4v) is 4.74. The van der Waals surface area contributed by atoms with Gasteiger partial charge in [-0.15, -0.1) is 0 Å². The molecule has 6 heteroatoms. The summed E-state index contributed by atoms with van der Waals surface area (Å²) in [5.74, 6) is 0.675. The van der Waals surface area contributed by atoms with Crippen LogP contribution >= 0.6 is 0 Å². The van der Waals surface area contributed by atoms with Gasteiger partial charge < -0.3 is 9.47 Å². The lowest BCUT2D eigenvalue weighted by molar-refractivity contribution is -0.140. The summed E-state index contributed by atoms with van der Waals surface area (Å²) in [6, 6.07) is 15.3. The van der Waals surface area contributed by atoms with Gasteiger partial charge in [-0.05, 0) is 47.6 Å². The number of ether oxygens (including phenoxy) is 2. The van der Waals surface area contributed by atoms with Gasteiger partial charge in [-0.2, -0.15) is 10.1 Å². The highest BCUT2D eigenvalue weighted by Gasteiger charge is 2.59. The minimum atomic E-state index is -0.243. The third kappa shape index (κ3) is 3.09. The van der Waals surface area contributed by atoms with Crippen LogP contribution in [0.4, 0.5) is 0 Å². The van der Waals surface area contributed by atoms with E-state index in [-0.39, 0.29) is 35.5 Å². The van der Waals surface area contributed by atoms with Crippen molar-refractivity contribution < 1.29 is 19.1 Å². The van der Waals surface area contributed by atoms with Crippen LogP contribution in [0.1, 0.15) is 17.5 Å². The number of carbonyl (C=O) groups excluding carboxylic acids is 2. The topological polar surface area (TPSA) is 68.2 Å². The van der Waals surface area contributed by atoms with E-state index >= 15 is 0 Å². The van der Waals surface area contributed by atoms with E-state index < -0.39 is 0 Å². The van der Waals surface area contributed by atoms with E-state index in [1.165, 1.54) is 6.21 Å². The van der Waals surface area contributed by atoms with E-state index in [2.05, 4.69) is 17.3 Å². The maximum atomic E-state index is 12.7. The maximum Gasteiger partial charge on any atom is 0.254 e. The Morgan fingerprint density at radius 1 is 1.00 bits per heavy atom. The maximum absolute atomic E-state index is 12.7. The van der Waals surface area contributed by atoms with Crippen LogP contribution in [0, 0.1) is 23.7 Å². The van der Waals surface area contributed by atoms with E-state index in [1.807, 2.05) is 36.4 Å². The first-order chi connectivity index (χ1) is 14.7. The van der Waals surface area contributed by atoms with E-state index in [0.717, 1.165) is 22.6 Å². The van der Waals surface area contributed by atoms with Crippen LogP contribution in [0.5, 0.6) is 11.5 Å². The average molecular weight is 402 g/mol. The Hall–Kier alpha value is -3.41. The van der Waals surface area contributed by atoms with Crippen molar-refractivity contribution in [2.75, 3.05) is 7.11 Å². The van der Waals surface area contributed by atoms with Gasteiger partial charge in [0.1, 0.15) is 6.61 Å². The van der Waals surface area contributed by atoms with Crippen LogP contribution in [0.2, 0.25) is 0 Å². The summed E-state index contributed by atoms with van der Waals surface area (Å²) in [6.07, 6.45) is 6.58. The standard InChI is InChI=1S/C24H22N2O4/c1-29-20-11-16(7-10-19(20)30-14-15-5-3-2-4-6-15)13-25-26-23(27)21-17-8-9-18(12-17)22(21)24(26)28/h2-11,13,17-18,21-22H,12,14H2,1H3/b25-13-/t17-,18-,21+,22+/m0/s1. The monoisotopic (exact) mass is 402 g/mol. The van der Waals surface area contributed by atoms with Gasteiger partial charge in [0.2, 0.25) is 0 Å². The molecule has 0 spiro atoms. The molecule has 5 rings (SSSR count). The molecule has 2 aromatic rings. The molecule has 1 saturated heterocycles. The summed E-state index contributed by atoms with van der Waals surface area (Å²) in [5, 5.41) is 5.27. The molecule has 4 atom stereocenters. The third-order valence-electron chi connectivity index (χ3n) is 6.19. The zero-order valence-electron chi connectivity index (χ0n) is 16.6. The van der Waals surface area contributed by atoms with Crippen molar-refractivity contribution >= 4 is 18.0 Å². The molecule has 1 heterocycles. The van der Waals surface area contributed by atoms with Gasteiger partial charge in [-0.25, -0.2) is 0 Å². The van der Waals surface area contributed by atoms with E-state index in [0.29, 0.717) is 18.1 Å². The Labute approximate surface area is 174 Å². The number of fused-ring (bicyclic) bond motifs is 5. The Kier molecular flexibility index (Phi) is 4.62. The smallest absolute Gasteiger partial charge is 0.254 e. The molecule has 2 bridgehead atoms. The summed E-state index contributed by atoms with van der Waals surface area (Å²) >= 11 is 0. The Bertz CT molecular complexity index is 1020. The quantitative estimate of drug-likeness (QED) is 0.422. The number of hydrazone groups is 1. The fraction of sp³-hybridized carbons (Fsp3) is 0.292. The first-order valence-corrected chi connectivity index (χ1v) is 10.1. The van der Waals surface area contributed by atoms with Crippen LogP contribution in [-0.4, -0.2) is 30.1 Å². The summed E-state index contributed by atoms with van der Waals surface area (Å²) < 4.78 is 11.3.